The van der Waals surface area contributed by atoms with Gasteiger partial charge in [-0.2, -0.15) is 0 Å². The average molecular weight is 304 g/mol. The summed E-state index contributed by atoms with van der Waals surface area (Å²) in [6.45, 7) is 2.12. The van der Waals surface area contributed by atoms with E-state index in [-0.39, 0.29) is 18.6 Å². The number of hydrogen-bond acceptors (Lipinski definition) is 4. The highest BCUT2D eigenvalue weighted by molar-refractivity contribution is 7.10. The summed E-state index contributed by atoms with van der Waals surface area (Å²) in [6.07, 6.45) is 1.94. The van der Waals surface area contributed by atoms with Crippen LogP contribution in [0.25, 0.3) is 0 Å². The number of nitrogen functional groups attached to an aromatic ring is 1. The Kier molecular flexibility index (Phi) is 5.63. The molecule has 4 nitrogen and oxygen atoms in total. The molecule has 21 heavy (non-hydrogen) atoms. The molecule has 1 heterocycles. The molecule has 0 saturated carbocycles. The second-order valence-corrected chi connectivity index (χ2v) is 5.76. The van der Waals surface area contributed by atoms with E-state index < -0.39 is 0 Å². The first-order chi connectivity index (χ1) is 10.2. The molecular weight excluding hydrogens is 284 g/mol. The molecule has 5 heteroatoms. The van der Waals surface area contributed by atoms with E-state index >= 15 is 0 Å². The van der Waals surface area contributed by atoms with Gasteiger partial charge in [0.25, 0.3) is 5.91 Å². The summed E-state index contributed by atoms with van der Waals surface area (Å²) >= 11 is 1.66. The first-order valence-electron chi connectivity index (χ1n) is 7.00. The molecule has 0 fully saturated rings. The van der Waals surface area contributed by atoms with Crippen molar-refractivity contribution < 1.29 is 9.53 Å². The molecule has 3 N–H and O–H groups in total. The molecule has 0 saturated heterocycles. The van der Waals surface area contributed by atoms with Crippen molar-refractivity contribution in [2.75, 3.05) is 12.3 Å². The van der Waals surface area contributed by atoms with Gasteiger partial charge in [0.05, 0.1) is 6.04 Å². The summed E-state index contributed by atoms with van der Waals surface area (Å²) in [4.78, 5) is 13.2. The third-order valence-electron chi connectivity index (χ3n) is 3.05. The Hall–Kier alpha value is -2.01. The Balaban J connectivity index is 1.86. The SMILES string of the molecule is CCCC(NC(=O)COc1ccc(N)cc1)c1cccs1. The van der Waals surface area contributed by atoms with Crippen molar-refractivity contribution in [2.45, 2.75) is 25.8 Å². The molecule has 0 bridgehead atoms. The Morgan fingerprint density at radius 3 is 2.71 bits per heavy atom. The first kappa shape index (κ1) is 15.4. The Morgan fingerprint density at radius 2 is 2.10 bits per heavy atom. The van der Waals surface area contributed by atoms with Gasteiger partial charge in [-0.3, -0.25) is 4.79 Å². The van der Waals surface area contributed by atoms with Gasteiger partial charge >= 0.3 is 0 Å². The molecular formula is C16H20N2O2S. The van der Waals surface area contributed by atoms with Crippen LogP contribution >= 0.6 is 11.3 Å². The number of rotatable bonds is 7. The van der Waals surface area contributed by atoms with Crippen LogP contribution in [0.4, 0.5) is 5.69 Å². The fourth-order valence-electron chi connectivity index (χ4n) is 2.01. The highest BCUT2D eigenvalue weighted by atomic mass is 32.1. The number of carbonyl (C=O) groups is 1. The lowest BCUT2D eigenvalue weighted by Gasteiger charge is -2.17. The van der Waals surface area contributed by atoms with Crippen LogP contribution in [-0.4, -0.2) is 12.5 Å². The number of benzene rings is 1. The van der Waals surface area contributed by atoms with Crippen molar-refractivity contribution in [1.29, 1.82) is 0 Å². The van der Waals surface area contributed by atoms with E-state index in [9.17, 15) is 4.79 Å². The number of ether oxygens (including phenoxy) is 1. The van der Waals surface area contributed by atoms with Crippen molar-refractivity contribution in [3.05, 3.63) is 46.7 Å². The quantitative estimate of drug-likeness (QED) is 0.771. The maximum Gasteiger partial charge on any atom is 0.258 e. The molecule has 1 atom stereocenters. The second-order valence-electron chi connectivity index (χ2n) is 4.78. The van der Waals surface area contributed by atoms with Gasteiger partial charge in [0.1, 0.15) is 5.75 Å². The van der Waals surface area contributed by atoms with Crippen LogP contribution in [-0.2, 0) is 4.79 Å². The monoisotopic (exact) mass is 304 g/mol. The van der Waals surface area contributed by atoms with E-state index in [4.69, 9.17) is 10.5 Å². The number of carbonyl (C=O) groups excluding carboxylic acids is 1. The minimum Gasteiger partial charge on any atom is -0.484 e. The van der Waals surface area contributed by atoms with E-state index in [0.717, 1.165) is 12.8 Å². The van der Waals surface area contributed by atoms with Crippen LogP contribution in [0.2, 0.25) is 0 Å². The Bertz CT molecular complexity index is 552. The van der Waals surface area contributed by atoms with E-state index in [2.05, 4.69) is 12.2 Å². The number of nitrogens with one attached hydrogen (secondary N) is 1. The first-order valence-corrected chi connectivity index (χ1v) is 7.88. The van der Waals surface area contributed by atoms with E-state index in [0.29, 0.717) is 11.4 Å². The minimum absolute atomic E-state index is 0.00943. The lowest BCUT2D eigenvalue weighted by atomic mass is 10.1. The Morgan fingerprint density at radius 1 is 1.33 bits per heavy atom. The fraction of sp³-hybridized carbons (Fsp3) is 0.312. The fourth-order valence-corrected chi connectivity index (χ4v) is 2.83. The third-order valence-corrected chi connectivity index (χ3v) is 4.04. The van der Waals surface area contributed by atoms with Gasteiger partial charge in [-0.15, -0.1) is 11.3 Å². The molecule has 112 valence electrons. The van der Waals surface area contributed by atoms with Crippen molar-refractivity contribution in [3.8, 4) is 5.75 Å². The topological polar surface area (TPSA) is 64.3 Å². The van der Waals surface area contributed by atoms with Crippen LogP contribution in [0, 0.1) is 0 Å². The van der Waals surface area contributed by atoms with Gasteiger partial charge in [-0.25, -0.2) is 0 Å². The van der Waals surface area contributed by atoms with Gasteiger partial charge in [0.2, 0.25) is 0 Å². The van der Waals surface area contributed by atoms with Crippen LogP contribution in [0.3, 0.4) is 0 Å². The third kappa shape index (κ3) is 4.79. The molecule has 1 unspecified atom stereocenters. The minimum atomic E-state index is -0.112. The summed E-state index contributed by atoms with van der Waals surface area (Å²) in [5.74, 6) is 0.529. The predicted molar refractivity (Wildman–Crippen MR) is 86.5 cm³/mol. The van der Waals surface area contributed by atoms with Crippen LogP contribution in [0.15, 0.2) is 41.8 Å². The highest BCUT2D eigenvalue weighted by Gasteiger charge is 2.14. The molecule has 0 spiro atoms. The summed E-state index contributed by atoms with van der Waals surface area (Å²) in [7, 11) is 0. The van der Waals surface area contributed by atoms with Crippen LogP contribution < -0.4 is 15.8 Å². The van der Waals surface area contributed by atoms with Crippen molar-refractivity contribution >= 4 is 22.9 Å². The van der Waals surface area contributed by atoms with Crippen molar-refractivity contribution in [1.82, 2.24) is 5.32 Å². The van der Waals surface area contributed by atoms with Crippen LogP contribution in [0.5, 0.6) is 5.75 Å². The van der Waals surface area contributed by atoms with E-state index in [1.807, 2.05) is 17.5 Å². The number of anilines is 1. The van der Waals surface area contributed by atoms with Crippen molar-refractivity contribution in [3.63, 3.8) is 0 Å². The number of thiophene rings is 1. The maximum absolute atomic E-state index is 12.0. The van der Waals surface area contributed by atoms with Crippen molar-refractivity contribution in [2.24, 2.45) is 0 Å². The van der Waals surface area contributed by atoms with Gasteiger partial charge in [0.15, 0.2) is 6.61 Å². The van der Waals surface area contributed by atoms with Gasteiger partial charge in [0, 0.05) is 10.6 Å². The van der Waals surface area contributed by atoms with Crippen LogP contribution in [0.1, 0.15) is 30.7 Å². The molecule has 0 radical (unpaired) electrons. The normalized spacial score (nSPS) is 11.9. The standard InChI is InChI=1S/C16H20N2O2S/c1-2-4-14(15-5-3-10-21-15)18-16(19)11-20-13-8-6-12(17)7-9-13/h3,5-10,14H,2,4,11,17H2,1H3,(H,18,19). The predicted octanol–water partition coefficient (Wildman–Crippen LogP) is 3.37. The summed E-state index contributed by atoms with van der Waals surface area (Å²) in [5, 5.41) is 5.05. The second kappa shape index (κ2) is 7.69. The van der Waals surface area contributed by atoms with Gasteiger partial charge < -0.3 is 15.8 Å². The number of nitrogens with two attached hydrogens (primary N) is 1. The zero-order valence-electron chi connectivity index (χ0n) is 12.0. The van der Waals surface area contributed by atoms with E-state index in [1.165, 1.54) is 4.88 Å². The average Bonchev–Trinajstić information content (AvgIpc) is 3.00. The lowest BCUT2D eigenvalue weighted by molar-refractivity contribution is -0.123. The smallest absolute Gasteiger partial charge is 0.258 e. The molecule has 2 aromatic rings. The van der Waals surface area contributed by atoms with E-state index in [1.54, 1.807) is 35.6 Å². The summed E-state index contributed by atoms with van der Waals surface area (Å²) in [6, 6.07) is 11.1. The van der Waals surface area contributed by atoms with Gasteiger partial charge in [-0.05, 0) is 42.1 Å². The number of amides is 1. The zero-order valence-corrected chi connectivity index (χ0v) is 12.9. The zero-order chi connectivity index (χ0) is 15.1. The summed E-state index contributed by atoms with van der Waals surface area (Å²) in [5.41, 5.74) is 6.28. The molecule has 0 aliphatic carbocycles. The molecule has 0 aliphatic heterocycles. The van der Waals surface area contributed by atoms with Gasteiger partial charge in [-0.1, -0.05) is 19.4 Å². The molecule has 2 rings (SSSR count). The highest BCUT2D eigenvalue weighted by Crippen LogP contribution is 2.23. The molecule has 0 aliphatic rings. The summed E-state index contributed by atoms with van der Waals surface area (Å²) < 4.78 is 5.45. The number of hydrogen-bond donors (Lipinski definition) is 2. The Labute approximate surface area is 128 Å². The molecule has 1 amide bonds. The molecule has 1 aromatic heterocycles. The lowest BCUT2D eigenvalue weighted by Crippen LogP contribution is -2.32. The maximum atomic E-state index is 12.0. The molecule has 1 aromatic carbocycles. The largest absolute Gasteiger partial charge is 0.484 e.